The summed E-state index contributed by atoms with van der Waals surface area (Å²) in [6.45, 7) is 0. The van der Waals surface area contributed by atoms with Crippen molar-refractivity contribution < 1.29 is 4.79 Å². The standard InChI is InChI=1S/C15H13NOS/c17-15(10-7-8-18-9-10)16-13-5-6-14(16)12-4-2-1-3-11(12)13/h1-4,7-9,13-14H,5-6H2/t13-,14-/m0/s1. The number of hydrogen-bond acceptors (Lipinski definition) is 2. The van der Waals surface area contributed by atoms with E-state index in [-0.39, 0.29) is 5.91 Å². The highest BCUT2D eigenvalue weighted by atomic mass is 32.1. The molecule has 0 saturated carbocycles. The summed E-state index contributed by atoms with van der Waals surface area (Å²) in [6.07, 6.45) is 2.22. The van der Waals surface area contributed by atoms with E-state index in [0.717, 1.165) is 18.4 Å². The Balaban J connectivity index is 1.76. The highest BCUT2D eigenvalue weighted by molar-refractivity contribution is 7.08. The number of benzene rings is 1. The van der Waals surface area contributed by atoms with E-state index in [4.69, 9.17) is 0 Å². The van der Waals surface area contributed by atoms with Gasteiger partial charge in [0.2, 0.25) is 0 Å². The van der Waals surface area contributed by atoms with Gasteiger partial charge in [-0.25, -0.2) is 0 Å². The predicted molar refractivity (Wildman–Crippen MR) is 71.6 cm³/mol. The van der Waals surface area contributed by atoms with E-state index in [0.29, 0.717) is 12.1 Å². The molecule has 3 heteroatoms. The average Bonchev–Trinajstić information content (AvgIpc) is 3.13. The van der Waals surface area contributed by atoms with Crippen LogP contribution in [0.2, 0.25) is 0 Å². The van der Waals surface area contributed by atoms with E-state index in [9.17, 15) is 4.79 Å². The fraction of sp³-hybridized carbons (Fsp3) is 0.267. The van der Waals surface area contributed by atoms with Crippen molar-refractivity contribution in [3.05, 3.63) is 57.8 Å². The van der Waals surface area contributed by atoms with Gasteiger partial charge in [-0.05, 0) is 35.4 Å². The Morgan fingerprint density at radius 1 is 1.11 bits per heavy atom. The van der Waals surface area contributed by atoms with Crippen LogP contribution in [0.4, 0.5) is 0 Å². The first kappa shape index (κ1) is 10.3. The first-order valence-corrected chi connectivity index (χ1v) is 7.24. The molecule has 0 aliphatic carbocycles. The Morgan fingerprint density at radius 3 is 2.33 bits per heavy atom. The monoisotopic (exact) mass is 255 g/mol. The molecule has 1 saturated heterocycles. The lowest BCUT2D eigenvalue weighted by Gasteiger charge is -2.21. The van der Waals surface area contributed by atoms with Gasteiger partial charge in [-0.2, -0.15) is 11.3 Å². The van der Waals surface area contributed by atoms with Gasteiger partial charge in [0.1, 0.15) is 0 Å². The van der Waals surface area contributed by atoms with Crippen LogP contribution in [0, 0.1) is 0 Å². The number of amides is 1. The molecule has 2 nitrogen and oxygen atoms in total. The van der Waals surface area contributed by atoms with Crippen LogP contribution in [0.25, 0.3) is 0 Å². The Labute approximate surface area is 110 Å². The van der Waals surface area contributed by atoms with Crippen LogP contribution in [-0.2, 0) is 0 Å². The Kier molecular flexibility index (Phi) is 2.12. The molecule has 2 atom stereocenters. The molecular formula is C15H13NOS. The molecule has 2 aliphatic heterocycles. The van der Waals surface area contributed by atoms with Gasteiger partial charge < -0.3 is 4.90 Å². The van der Waals surface area contributed by atoms with E-state index in [1.165, 1.54) is 11.1 Å². The lowest BCUT2D eigenvalue weighted by molar-refractivity contribution is 0.0697. The maximum atomic E-state index is 12.6. The molecule has 4 rings (SSSR count). The topological polar surface area (TPSA) is 20.3 Å². The quantitative estimate of drug-likeness (QED) is 0.759. The van der Waals surface area contributed by atoms with Crippen LogP contribution in [0.15, 0.2) is 41.1 Å². The summed E-state index contributed by atoms with van der Waals surface area (Å²) >= 11 is 1.59. The number of hydrogen-bond donors (Lipinski definition) is 0. The van der Waals surface area contributed by atoms with Gasteiger partial charge in [-0.3, -0.25) is 4.79 Å². The van der Waals surface area contributed by atoms with Gasteiger partial charge >= 0.3 is 0 Å². The van der Waals surface area contributed by atoms with Gasteiger partial charge in [0.05, 0.1) is 17.6 Å². The predicted octanol–water partition coefficient (Wildman–Crippen LogP) is 3.78. The summed E-state index contributed by atoms with van der Waals surface area (Å²) < 4.78 is 0. The van der Waals surface area contributed by atoms with E-state index < -0.39 is 0 Å². The molecule has 3 heterocycles. The first-order chi connectivity index (χ1) is 8.86. The molecule has 2 aromatic rings. The fourth-order valence-corrected chi connectivity index (χ4v) is 3.99. The molecule has 2 aliphatic rings. The second kappa shape index (κ2) is 3.69. The third-order valence-corrected chi connectivity index (χ3v) is 4.78. The lowest BCUT2D eigenvalue weighted by Crippen LogP contribution is -2.27. The van der Waals surface area contributed by atoms with Crippen LogP contribution in [0.1, 0.15) is 46.4 Å². The van der Waals surface area contributed by atoms with Crippen molar-refractivity contribution in [2.24, 2.45) is 0 Å². The van der Waals surface area contributed by atoms with Crippen molar-refractivity contribution in [1.82, 2.24) is 4.90 Å². The van der Waals surface area contributed by atoms with Crippen molar-refractivity contribution >= 4 is 17.2 Å². The minimum atomic E-state index is 0.194. The molecule has 0 spiro atoms. The summed E-state index contributed by atoms with van der Waals surface area (Å²) in [4.78, 5) is 14.7. The normalized spacial score (nSPS) is 24.3. The fourth-order valence-electron chi connectivity index (χ4n) is 3.36. The zero-order valence-corrected chi connectivity index (χ0v) is 10.7. The van der Waals surface area contributed by atoms with Crippen molar-refractivity contribution in [3.8, 4) is 0 Å². The molecule has 90 valence electrons. The number of fused-ring (bicyclic) bond motifs is 5. The molecule has 0 radical (unpaired) electrons. The first-order valence-electron chi connectivity index (χ1n) is 6.30. The number of rotatable bonds is 1. The summed E-state index contributed by atoms with van der Waals surface area (Å²) in [5.41, 5.74) is 3.55. The molecular weight excluding hydrogens is 242 g/mol. The maximum absolute atomic E-state index is 12.6. The molecule has 18 heavy (non-hydrogen) atoms. The van der Waals surface area contributed by atoms with E-state index >= 15 is 0 Å². The van der Waals surface area contributed by atoms with E-state index in [1.54, 1.807) is 11.3 Å². The largest absolute Gasteiger partial charge is 0.325 e. The molecule has 0 unspecified atom stereocenters. The van der Waals surface area contributed by atoms with Crippen LogP contribution >= 0.6 is 11.3 Å². The highest BCUT2D eigenvalue weighted by Gasteiger charge is 2.46. The van der Waals surface area contributed by atoms with E-state index in [2.05, 4.69) is 29.2 Å². The minimum absolute atomic E-state index is 0.194. The Hall–Kier alpha value is -1.61. The van der Waals surface area contributed by atoms with Gasteiger partial charge in [0, 0.05) is 5.38 Å². The average molecular weight is 255 g/mol. The van der Waals surface area contributed by atoms with Gasteiger partial charge in [-0.1, -0.05) is 24.3 Å². The molecule has 1 amide bonds. The Bertz CT molecular complexity index is 574. The number of nitrogens with zero attached hydrogens (tertiary/aromatic N) is 1. The van der Waals surface area contributed by atoms with Crippen LogP contribution in [0.3, 0.4) is 0 Å². The maximum Gasteiger partial charge on any atom is 0.255 e. The van der Waals surface area contributed by atoms with Gasteiger partial charge in [0.15, 0.2) is 0 Å². The Morgan fingerprint density at radius 2 is 1.78 bits per heavy atom. The third-order valence-electron chi connectivity index (χ3n) is 4.10. The number of carbonyl (C=O) groups is 1. The number of thiophene rings is 1. The highest BCUT2D eigenvalue weighted by Crippen LogP contribution is 2.53. The third kappa shape index (κ3) is 1.25. The molecule has 1 aromatic carbocycles. The second-order valence-electron chi connectivity index (χ2n) is 4.96. The summed E-state index contributed by atoms with van der Waals surface area (Å²) in [5.74, 6) is 0.194. The minimum Gasteiger partial charge on any atom is -0.325 e. The zero-order chi connectivity index (χ0) is 12.1. The van der Waals surface area contributed by atoms with E-state index in [1.807, 2.05) is 16.8 Å². The smallest absolute Gasteiger partial charge is 0.255 e. The molecule has 0 N–H and O–H groups in total. The zero-order valence-electron chi connectivity index (χ0n) is 9.87. The second-order valence-corrected chi connectivity index (χ2v) is 5.74. The summed E-state index contributed by atoms with van der Waals surface area (Å²) in [6, 6.07) is 11.0. The van der Waals surface area contributed by atoms with Crippen LogP contribution in [-0.4, -0.2) is 10.8 Å². The number of carbonyl (C=O) groups excluding carboxylic acids is 1. The molecule has 2 bridgehead atoms. The van der Waals surface area contributed by atoms with Crippen molar-refractivity contribution in [2.45, 2.75) is 24.9 Å². The van der Waals surface area contributed by atoms with Crippen LogP contribution in [0.5, 0.6) is 0 Å². The van der Waals surface area contributed by atoms with Crippen molar-refractivity contribution in [1.29, 1.82) is 0 Å². The summed E-state index contributed by atoms with van der Waals surface area (Å²) in [5, 5.41) is 3.92. The molecule has 1 fully saturated rings. The van der Waals surface area contributed by atoms with Crippen LogP contribution < -0.4 is 0 Å². The van der Waals surface area contributed by atoms with Crippen molar-refractivity contribution in [2.75, 3.05) is 0 Å². The van der Waals surface area contributed by atoms with Gasteiger partial charge in [0.25, 0.3) is 5.91 Å². The van der Waals surface area contributed by atoms with Crippen molar-refractivity contribution in [3.63, 3.8) is 0 Å². The molecule has 1 aromatic heterocycles. The summed E-state index contributed by atoms with van der Waals surface area (Å²) in [7, 11) is 0. The van der Waals surface area contributed by atoms with Gasteiger partial charge in [-0.15, -0.1) is 0 Å². The lowest BCUT2D eigenvalue weighted by atomic mass is 9.92. The SMILES string of the molecule is O=C(c1ccsc1)N1[C@H]2CC[C@H]1c1ccccc12.